The molecule has 1 saturated carbocycles. The maximum atomic E-state index is 15.4. The van der Waals surface area contributed by atoms with Crippen molar-refractivity contribution in [1.29, 1.82) is 0 Å². The van der Waals surface area contributed by atoms with E-state index in [-0.39, 0.29) is 12.0 Å². The number of nitrogens with one attached hydrogen (secondary N) is 1. The lowest BCUT2D eigenvalue weighted by Gasteiger charge is -2.63. The van der Waals surface area contributed by atoms with Gasteiger partial charge in [-0.25, -0.2) is 4.79 Å². The van der Waals surface area contributed by atoms with Crippen molar-refractivity contribution in [1.82, 2.24) is 14.8 Å². The third-order valence-corrected chi connectivity index (χ3v) is 16.0. The number of carbonyl (C=O) groups is 3. The number of methoxy groups -OCH3 is 3. The van der Waals surface area contributed by atoms with Crippen LogP contribution in [-0.2, 0) is 45.8 Å². The number of benzene rings is 2. The molecule has 1 unspecified atom stereocenters. The number of fused-ring (bicyclic) bond motifs is 6. The first-order valence-electron chi connectivity index (χ1n) is 21.8. The Morgan fingerprint density at radius 2 is 1.75 bits per heavy atom. The lowest BCUT2D eigenvalue weighted by Crippen LogP contribution is -2.81. The molecule has 2 saturated heterocycles. The van der Waals surface area contributed by atoms with Crippen molar-refractivity contribution in [2.75, 3.05) is 66.0 Å². The van der Waals surface area contributed by atoms with Gasteiger partial charge in [0.25, 0.3) is 0 Å². The average molecular weight is 837 g/mol. The van der Waals surface area contributed by atoms with Gasteiger partial charge in [0.2, 0.25) is 5.60 Å². The van der Waals surface area contributed by atoms with E-state index in [1.807, 2.05) is 56.1 Å². The number of anilines is 1. The quantitative estimate of drug-likeness (QED) is 0.165. The molecule has 13 heteroatoms. The minimum atomic E-state index is -2.31. The van der Waals surface area contributed by atoms with Crippen molar-refractivity contribution in [3.8, 4) is 5.75 Å². The predicted octanol–water partition coefficient (Wildman–Crippen LogP) is 4.63. The van der Waals surface area contributed by atoms with Crippen LogP contribution in [0.4, 0.5) is 5.69 Å². The van der Waals surface area contributed by atoms with Crippen molar-refractivity contribution in [2.24, 2.45) is 11.3 Å². The molecule has 9 rings (SSSR count). The molecular formula is C48H60N4O9. The van der Waals surface area contributed by atoms with Crippen LogP contribution in [0.3, 0.4) is 0 Å². The second-order valence-electron chi connectivity index (χ2n) is 18.7. The minimum absolute atomic E-state index is 0.118. The number of carbonyl (C=O) groups excluding carboxylic acids is 3. The molecule has 3 fully saturated rings. The fraction of sp³-hybridized carbons (Fsp3) is 0.562. The summed E-state index contributed by atoms with van der Waals surface area (Å²) in [6, 6.07) is 8.94. The molecule has 1 aliphatic carbocycles. The first-order chi connectivity index (χ1) is 29.2. The van der Waals surface area contributed by atoms with Crippen molar-refractivity contribution in [2.45, 2.75) is 99.5 Å². The highest BCUT2D eigenvalue weighted by Gasteiger charge is 2.80. The molecule has 1 spiro atoms. The van der Waals surface area contributed by atoms with E-state index in [1.54, 1.807) is 7.11 Å². The van der Waals surface area contributed by atoms with E-state index in [2.05, 4.69) is 39.6 Å². The summed E-state index contributed by atoms with van der Waals surface area (Å²) in [5.41, 5.74) is -0.876. The van der Waals surface area contributed by atoms with Gasteiger partial charge in [-0.2, -0.15) is 0 Å². The highest BCUT2D eigenvalue weighted by molar-refractivity contribution is 5.95. The van der Waals surface area contributed by atoms with Gasteiger partial charge in [-0.1, -0.05) is 44.7 Å². The van der Waals surface area contributed by atoms with Crippen molar-refractivity contribution in [3.63, 3.8) is 0 Å². The number of esters is 3. The van der Waals surface area contributed by atoms with E-state index < -0.39 is 57.5 Å². The molecule has 5 aliphatic heterocycles. The molecule has 10 atom stereocenters. The molecule has 1 aromatic heterocycles. The summed E-state index contributed by atoms with van der Waals surface area (Å²) in [5.74, 6) is -1.62. The Labute approximate surface area is 357 Å². The molecule has 3 N–H and O–H groups in total. The second-order valence-corrected chi connectivity index (χ2v) is 18.7. The van der Waals surface area contributed by atoms with E-state index in [1.165, 1.54) is 21.1 Å². The van der Waals surface area contributed by atoms with E-state index in [0.29, 0.717) is 82.6 Å². The third-order valence-electron chi connectivity index (χ3n) is 16.0. The third kappa shape index (κ3) is 5.48. The molecule has 2 aromatic carbocycles. The number of hydrogen-bond donors (Lipinski definition) is 3. The molecule has 13 nitrogen and oxygen atoms in total. The summed E-state index contributed by atoms with van der Waals surface area (Å²) in [5, 5.41) is 26.4. The van der Waals surface area contributed by atoms with Crippen molar-refractivity contribution >= 4 is 40.6 Å². The number of aliphatic hydroxyl groups is 2. The number of piperidine rings is 1. The fourth-order valence-corrected chi connectivity index (χ4v) is 13.7. The number of aromatic nitrogens is 1. The summed E-state index contributed by atoms with van der Waals surface area (Å²) < 4.78 is 24.0. The van der Waals surface area contributed by atoms with Crippen LogP contribution in [0.5, 0.6) is 5.75 Å². The highest BCUT2D eigenvalue weighted by Crippen LogP contribution is 2.68. The van der Waals surface area contributed by atoms with Crippen LogP contribution < -0.4 is 9.64 Å². The maximum absolute atomic E-state index is 15.4. The normalized spacial score (nSPS) is 36.1. The Bertz CT molecular complexity index is 2360. The van der Waals surface area contributed by atoms with E-state index >= 15 is 4.79 Å². The largest absolute Gasteiger partial charge is 0.496 e. The zero-order valence-corrected chi connectivity index (χ0v) is 36.5. The van der Waals surface area contributed by atoms with Gasteiger partial charge in [0, 0.05) is 90.9 Å². The van der Waals surface area contributed by atoms with E-state index in [9.17, 15) is 19.8 Å². The molecule has 2 bridgehead atoms. The van der Waals surface area contributed by atoms with Crippen LogP contribution in [0.15, 0.2) is 49.1 Å². The van der Waals surface area contributed by atoms with Crippen LogP contribution in [0.25, 0.3) is 17.0 Å². The Morgan fingerprint density at radius 1 is 0.984 bits per heavy atom. The van der Waals surface area contributed by atoms with Gasteiger partial charge in [0.05, 0.1) is 33.0 Å². The number of aromatic amines is 1. The molecule has 6 aliphatic rings. The molecule has 0 amide bonds. The van der Waals surface area contributed by atoms with Crippen molar-refractivity contribution in [3.05, 3.63) is 77.0 Å². The Balaban J connectivity index is 1.37. The average Bonchev–Trinajstić information content (AvgIpc) is 3.92. The predicted molar refractivity (Wildman–Crippen MR) is 231 cm³/mol. The SMILES string of the molecule is C=Cc1ccc2[nH]c3c(c2c1)CCN1C[C@H](C[C@@](O)(CC)C1)C[C@]3(C(=O)OC)c1cc2c(cc1OC)N(C)[C@H]1[C@@](O)(C(=O)OC)[C@H](OC(C)=O)[C@]3(CC)C=CCN4CC[C@]21[C@@H]43. The van der Waals surface area contributed by atoms with Crippen LogP contribution in [0.2, 0.25) is 0 Å². The summed E-state index contributed by atoms with van der Waals surface area (Å²) in [6.07, 6.45) is 7.66. The smallest absolute Gasteiger partial charge is 0.344 e. The van der Waals surface area contributed by atoms with Gasteiger partial charge in [-0.15, -0.1) is 0 Å². The molecule has 0 radical (unpaired) electrons. The topological polar surface area (TPSA) is 154 Å². The van der Waals surface area contributed by atoms with E-state index in [0.717, 1.165) is 39.0 Å². The lowest BCUT2D eigenvalue weighted by molar-refractivity contribution is -0.228. The Hall–Kier alpha value is -4.69. The van der Waals surface area contributed by atoms with E-state index in [4.69, 9.17) is 18.9 Å². The molecular weight excluding hydrogens is 777 g/mol. The van der Waals surface area contributed by atoms with Gasteiger partial charge in [-0.05, 0) is 85.9 Å². The number of likely N-dealkylation sites (N-methyl/N-ethyl adjacent to an activating group) is 1. The number of nitrogens with zero attached hydrogens (tertiary/aromatic N) is 3. The Kier molecular flexibility index (Phi) is 9.86. The minimum Gasteiger partial charge on any atom is -0.496 e. The first kappa shape index (κ1) is 41.7. The lowest BCUT2D eigenvalue weighted by atomic mass is 9.47. The first-order valence-corrected chi connectivity index (χ1v) is 21.8. The number of hydrogen-bond acceptors (Lipinski definition) is 12. The monoisotopic (exact) mass is 836 g/mol. The van der Waals surface area contributed by atoms with Crippen LogP contribution >= 0.6 is 0 Å². The maximum Gasteiger partial charge on any atom is 0.344 e. The Morgan fingerprint density at radius 3 is 2.43 bits per heavy atom. The zero-order valence-electron chi connectivity index (χ0n) is 36.5. The van der Waals surface area contributed by atoms with Gasteiger partial charge in [0.1, 0.15) is 11.2 Å². The molecule has 3 aromatic rings. The molecule has 61 heavy (non-hydrogen) atoms. The zero-order chi connectivity index (χ0) is 43.4. The van der Waals surface area contributed by atoms with Crippen LogP contribution in [0, 0.1) is 11.3 Å². The summed E-state index contributed by atoms with van der Waals surface area (Å²) in [4.78, 5) is 53.3. The summed E-state index contributed by atoms with van der Waals surface area (Å²) in [6.45, 7) is 12.6. The number of ether oxygens (including phenoxy) is 4. The number of H-pyrrole nitrogens is 1. The fourth-order valence-electron chi connectivity index (χ4n) is 13.7. The standard InChI is InChI=1S/C48H60N4O9/c1-9-29-13-14-35-32(21-29)31-15-19-51-26-30(24-44(56,10-2)27-51)25-47(38(31)49-35,42(54)59-7)34-22-33-36(23-37(34)58-6)50(5)40-46(33)17-20-52-18-12-16-45(11-3,39(46)52)41(61-28(4)53)48(40,57)43(55)60-8/h9,12-14,16,21-23,30,39-41,49,56-57H,1,10-11,15,17-20,24-27H2,2-8H3/t30-,39+,40-,41-,44+,45-,46-,47+,48+/m1/s1. The number of rotatable bonds is 8. The molecule has 326 valence electrons. The summed E-state index contributed by atoms with van der Waals surface area (Å²) >= 11 is 0. The highest BCUT2D eigenvalue weighted by atomic mass is 16.6. The van der Waals surface area contributed by atoms with Gasteiger partial charge in [0.15, 0.2) is 6.10 Å². The second kappa shape index (κ2) is 14.4. The van der Waals surface area contributed by atoms with Gasteiger partial charge < -0.3 is 39.0 Å². The van der Waals surface area contributed by atoms with Crippen LogP contribution in [-0.4, -0.2) is 133 Å². The van der Waals surface area contributed by atoms with Crippen LogP contribution in [0.1, 0.15) is 80.8 Å². The molecule has 6 heterocycles. The van der Waals surface area contributed by atoms with Crippen molar-refractivity contribution < 1.29 is 43.5 Å². The van der Waals surface area contributed by atoms with Gasteiger partial charge in [-0.3, -0.25) is 19.4 Å². The summed E-state index contributed by atoms with van der Waals surface area (Å²) in [7, 11) is 6.14. The van der Waals surface area contributed by atoms with Gasteiger partial charge >= 0.3 is 17.9 Å².